The van der Waals surface area contributed by atoms with Crippen LogP contribution in [0.25, 0.3) is 6.08 Å². The SMILES string of the molecule is COc1ccccc1/C=C(\C#N)C(=O)NCCc1ccc(OC)c(OC)c1. The quantitative estimate of drug-likeness (QED) is 0.574. The molecule has 0 radical (unpaired) electrons. The summed E-state index contributed by atoms with van der Waals surface area (Å²) in [5, 5.41) is 12.1. The number of ether oxygens (including phenoxy) is 3. The van der Waals surface area contributed by atoms with Crippen LogP contribution in [0, 0.1) is 11.3 Å². The number of rotatable bonds is 8. The van der Waals surface area contributed by atoms with Crippen molar-refractivity contribution < 1.29 is 19.0 Å². The second-order valence-electron chi connectivity index (χ2n) is 5.61. The van der Waals surface area contributed by atoms with Crippen LogP contribution in [0.4, 0.5) is 0 Å². The van der Waals surface area contributed by atoms with Crippen LogP contribution < -0.4 is 19.5 Å². The van der Waals surface area contributed by atoms with E-state index in [9.17, 15) is 10.1 Å². The van der Waals surface area contributed by atoms with Crippen molar-refractivity contribution in [2.75, 3.05) is 27.9 Å². The third-order valence-electron chi connectivity index (χ3n) is 3.95. The first-order chi connectivity index (χ1) is 13.1. The second kappa shape index (κ2) is 9.88. The van der Waals surface area contributed by atoms with Gasteiger partial charge in [-0.05, 0) is 36.3 Å². The average molecular weight is 366 g/mol. The highest BCUT2D eigenvalue weighted by Crippen LogP contribution is 2.27. The van der Waals surface area contributed by atoms with Crippen molar-refractivity contribution in [2.45, 2.75) is 6.42 Å². The molecule has 27 heavy (non-hydrogen) atoms. The monoisotopic (exact) mass is 366 g/mol. The first-order valence-electron chi connectivity index (χ1n) is 8.36. The molecular formula is C21H22N2O4. The van der Waals surface area contributed by atoms with Gasteiger partial charge < -0.3 is 19.5 Å². The highest BCUT2D eigenvalue weighted by molar-refractivity contribution is 6.01. The molecule has 2 aromatic carbocycles. The van der Waals surface area contributed by atoms with E-state index in [-0.39, 0.29) is 5.57 Å². The van der Waals surface area contributed by atoms with Gasteiger partial charge in [0.1, 0.15) is 17.4 Å². The van der Waals surface area contributed by atoms with Crippen molar-refractivity contribution in [1.82, 2.24) is 5.32 Å². The van der Waals surface area contributed by atoms with Gasteiger partial charge in [0.2, 0.25) is 0 Å². The summed E-state index contributed by atoms with van der Waals surface area (Å²) in [6, 6.07) is 14.7. The highest BCUT2D eigenvalue weighted by atomic mass is 16.5. The maximum absolute atomic E-state index is 12.3. The van der Waals surface area contributed by atoms with Crippen LogP contribution in [-0.4, -0.2) is 33.8 Å². The molecule has 0 unspecified atom stereocenters. The fourth-order valence-corrected chi connectivity index (χ4v) is 2.54. The molecule has 0 fully saturated rings. The minimum absolute atomic E-state index is 0.0202. The molecule has 0 aromatic heterocycles. The largest absolute Gasteiger partial charge is 0.496 e. The molecule has 0 bridgehead atoms. The number of methoxy groups -OCH3 is 3. The van der Waals surface area contributed by atoms with E-state index in [0.717, 1.165) is 5.56 Å². The number of hydrogen-bond donors (Lipinski definition) is 1. The number of benzene rings is 2. The van der Waals surface area contributed by atoms with E-state index < -0.39 is 5.91 Å². The van der Waals surface area contributed by atoms with Gasteiger partial charge in [0.25, 0.3) is 5.91 Å². The van der Waals surface area contributed by atoms with Gasteiger partial charge in [-0.1, -0.05) is 24.3 Å². The van der Waals surface area contributed by atoms with E-state index >= 15 is 0 Å². The van der Waals surface area contributed by atoms with Crippen LogP contribution >= 0.6 is 0 Å². The van der Waals surface area contributed by atoms with Crippen LogP contribution in [0.2, 0.25) is 0 Å². The van der Waals surface area contributed by atoms with E-state index in [2.05, 4.69) is 5.32 Å². The van der Waals surface area contributed by atoms with Crippen molar-refractivity contribution in [3.8, 4) is 23.3 Å². The van der Waals surface area contributed by atoms with Gasteiger partial charge in [0.05, 0.1) is 21.3 Å². The number of nitrogens with zero attached hydrogens (tertiary/aromatic N) is 1. The van der Waals surface area contributed by atoms with Gasteiger partial charge in [0, 0.05) is 12.1 Å². The number of amides is 1. The molecule has 0 atom stereocenters. The first-order valence-corrected chi connectivity index (χ1v) is 8.36. The molecule has 6 nitrogen and oxygen atoms in total. The average Bonchev–Trinajstić information content (AvgIpc) is 2.71. The molecule has 0 spiro atoms. The number of hydrogen-bond acceptors (Lipinski definition) is 5. The Hall–Kier alpha value is -3.46. The Morgan fingerprint density at radius 3 is 2.41 bits per heavy atom. The first kappa shape index (κ1) is 19.9. The van der Waals surface area contributed by atoms with Crippen LogP contribution in [-0.2, 0) is 11.2 Å². The molecule has 0 heterocycles. The van der Waals surface area contributed by atoms with E-state index in [1.54, 1.807) is 33.5 Å². The van der Waals surface area contributed by atoms with Crippen molar-refractivity contribution in [2.24, 2.45) is 0 Å². The molecule has 0 aliphatic carbocycles. The molecule has 2 aromatic rings. The van der Waals surface area contributed by atoms with Crippen molar-refractivity contribution in [3.05, 3.63) is 59.2 Å². The number of nitrogens with one attached hydrogen (secondary N) is 1. The van der Waals surface area contributed by atoms with Gasteiger partial charge in [0.15, 0.2) is 11.5 Å². The Balaban J connectivity index is 2.02. The maximum Gasteiger partial charge on any atom is 0.261 e. The smallest absolute Gasteiger partial charge is 0.261 e. The van der Waals surface area contributed by atoms with Crippen molar-refractivity contribution in [1.29, 1.82) is 5.26 Å². The van der Waals surface area contributed by atoms with Crippen LogP contribution in [0.15, 0.2) is 48.0 Å². The van der Waals surface area contributed by atoms with Gasteiger partial charge in [-0.15, -0.1) is 0 Å². The maximum atomic E-state index is 12.3. The lowest BCUT2D eigenvalue weighted by atomic mass is 10.1. The molecule has 6 heteroatoms. The Morgan fingerprint density at radius 1 is 1.04 bits per heavy atom. The molecule has 140 valence electrons. The number of carbonyl (C=O) groups excluding carboxylic acids is 1. The van der Waals surface area contributed by atoms with Crippen molar-refractivity contribution in [3.63, 3.8) is 0 Å². The van der Waals surface area contributed by atoms with E-state index in [1.807, 2.05) is 36.4 Å². The topological polar surface area (TPSA) is 80.6 Å². The van der Waals surface area contributed by atoms with Gasteiger partial charge in [-0.25, -0.2) is 0 Å². The third kappa shape index (κ3) is 5.25. The standard InChI is InChI=1S/C21H22N2O4/c1-25-18-7-5-4-6-16(18)13-17(14-22)21(24)23-11-10-15-8-9-19(26-2)20(12-15)27-3/h4-9,12-13H,10-11H2,1-3H3,(H,23,24)/b17-13+. The minimum Gasteiger partial charge on any atom is -0.496 e. The Morgan fingerprint density at radius 2 is 1.74 bits per heavy atom. The van der Waals surface area contributed by atoms with Gasteiger partial charge >= 0.3 is 0 Å². The molecule has 0 saturated heterocycles. The molecule has 1 amide bonds. The molecule has 0 saturated carbocycles. The normalized spacial score (nSPS) is 10.7. The summed E-state index contributed by atoms with van der Waals surface area (Å²) in [7, 11) is 4.70. The van der Waals surface area contributed by atoms with Crippen LogP contribution in [0.3, 0.4) is 0 Å². The summed E-state index contributed by atoms with van der Waals surface area (Å²) in [5.41, 5.74) is 1.68. The Labute approximate surface area is 159 Å². The number of nitriles is 1. The van der Waals surface area contributed by atoms with E-state index in [0.29, 0.717) is 35.8 Å². The fourth-order valence-electron chi connectivity index (χ4n) is 2.54. The summed E-state index contributed by atoms with van der Waals surface area (Å²) >= 11 is 0. The predicted molar refractivity (Wildman–Crippen MR) is 103 cm³/mol. The fraction of sp³-hybridized carbons (Fsp3) is 0.238. The zero-order chi connectivity index (χ0) is 19.6. The Kier molecular flexibility index (Phi) is 7.26. The summed E-state index contributed by atoms with van der Waals surface area (Å²) in [5.74, 6) is 1.46. The lowest BCUT2D eigenvalue weighted by Gasteiger charge is -2.10. The summed E-state index contributed by atoms with van der Waals surface area (Å²) in [4.78, 5) is 12.3. The van der Waals surface area contributed by atoms with Crippen molar-refractivity contribution >= 4 is 12.0 Å². The summed E-state index contributed by atoms with van der Waals surface area (Å²) < 4.78 is 15.7. The third-order valence-corrected chi connectivity index (χ3v) is 3.95. The van der Waals surface area contributed by atoms with Crippen LogP contribution in [0.1, 0.15) is 11.1 Å². The summed E-state index contributed by atoms with van der Waals surface area (Å²) in [6.07, 6.45) is 2.12. The van der Waals surface area contributed by atoms with Crippen LogP contribution in [0.5, 0.6) is 17.2 Å². The van der Waals surface area contributed by atoms with E-state index in [1.165, 1.54) is 6.08 Å². The molecule has 0 aliphatic heterocycles. The molecule has 0 aliphatic rings. The zero-order valence-corrected chi connectivity index (χ0v) is 15.6. The number of para-hydroxylation sites is 1. The highest BCUT2D eigenvalue weighted by Gasteiger charge is 2.11. The van der Waals surface area contributed by atoms with E-state index in [4.69, 9.17) is 14.2 Å². The molecular weight excluding hydrogens is 344 g/mol. The van der Waals surface area contributed by atoms with Gasteiger partial charge in [-0.2, -0.15) is 5.26 Å². The molecule has 1 N–H and O–H groups in total. The number of carbonyl (C=O) groups is 1. The minimum atomic E-state index is -0.427. The zero-order valence-electron chi connectivity index (χ0n) is 15.6. The molecule has 2 rings (SSSR count). The Bertz CT molecular complexity index is 869. The predicted octanol–water partition coefficient (Wildman–Crippen LogP) is 2.98. The summed E-state index contributed by atoms with van der Waals surface area (Å²) in [6.45, 7) is 0.388. The second-order valence-corrected chi connectivity index (χ2v) is 5.61. The van der Waals surface area contributed by atoms with Gasteiger partial charge in [-0.3, -0.25) is 4.79 Å². The lowest BCUT2D eigenvalue weighted by molar-refractivity contribution is -0.117. The lowest BCUT2D eigenvalue weighted by Crippen LogP contribution is -2.26.